The Hall–Kier alpha value is -2.92. The van der Waals surface area contributed by atoms with Gasteiger partial charge in [-0.05, 0) is 24.3 Å². The average Bonchev–Trinajstić information content (AvgIpc) is 3.13. The summed E-state index contributed by atoms with van der Waals surface area (Å²) in [5.74, 6) is 5.97. The van der Waals surface area contributed by atoms with E-state index in [1.165, 1.54) is 0 Å². The van der Waals surface area contributed by atoms with Crippen LogP contribution in [-0.2, 0) is 12.3 Å². The molecule has 0 aliphatic carbocycles. The molecule has 148 valence electrons. The lowest BCUT2D eigenvalue weighted by atomic mass is 10.3. The van der Waals surface area contributed by atoms with Gasteiger partial charge in [0.05, 0.1) is 25.4 Å². The Bertz CT molecular complexity index is 814. The highest BCUT2D eigenvalue weighted by Gasteiger charge is 2.08. The van der Waals surface area contributed by atoms with E-state index in [2.05, 4.69) is 33.3 Å². The number of benzene rings is 1. The number of hydrogen-bond acceptors (Lipinski definition) is 6. The molecule has 7 nitrogen and oxygen atoms in total. The van der Waals surface area contributed by atoms with Gasteiger partial charge in [-0.2, -0.15) is 11.8 Å². The molecule has 0 unspecified atom stereocenters. The van der Waals surface area contributed by atoms with Crippen LogP contribution in [-0.4, -0.2) is 43.2 Å². The second-order valence-corrected chi connectivity index (χ2v) is 7.09. The normalized spacial score (nSPS) is 11.1. The summed E-state index contributed by atoms with van der Waals surface area (Å²) in [7, 11) is 2.03. The first-order valence-corrected chi connectivity index (χ1v) is 9.98. The lowest BCUT2D eigenvalue weighted by Crippen LogP contribution is -2.31. The highest BCUT2D eigenvalue weighted by Crippen LogP contribution is 2.19. The number of hydrogen-bond donors (Lipinski definition) is 1. The zero-order valence-electron chi connectivity index (χ0n) is 15.8. The van der Waals surface area contributed by atoms with E-state index in [-0.39, 0.29) is 13.1 Å². The standard InChI is InChI=1S/C20H24N4O3S/c1-3-11-21-20(15-24(25)26)22-12-13-28-16-19-10-9-18(27-19)14-23(2)17-7-5-4-6-8-17/h1,4-10H,11-16H2,2H3,(H,21,22). The van der Waals surface area contributed by atoms with Crippen molar-refractivity contribution in [3.63, 3.8) is 0 Å². The maximum Gasteiger partial charge on any atom is 0.259 e. The van der Waals surface area contributed by atoms with Gasteiger partial charge in [0.15, 0.2) is 5.84 Å². The molecule has 0 fully saturated rings. The highest BCUT2D eigenvalue weighted by molar-refractivity contribution is 7.98. The number of aliphatic imine (C=N–C) groups is 1. The molecule has 0 atom stereocenters. The molecule has 0 aliphatic heterocycles. The zero-order valence-corrected chi connectivity index (χ0v) is 16.7. The third kappa shape index (κ3) is 7.76. The number of anilines is 1. The Morgan fingerprint density at radius 3 is 2.79 bits per heavy atom. The quantitative estimate of drug-likeness (QED) is 0.156. The summed E-state index contributed by atoms with van der Waals surface area (Å²) in [6.07, 6.45) is 5.16. The van der Waals surface area contributed by atoms with Crippen molar-refractivity contribution in [2.75, 3.05) is 37.3 Å². The maximum absolute atomic E-state index is 10.6. The molecule has 28 heavy (non-hydrogen) atoms. The van der Waals surface area contributed by atoms with Gasteiger partial charge in [0.2, 0.25) is 0 Å². The Kier molecular flexibility index (Phi) is 8.95. The van der Waals surface area contributed by atoms with Crippen molar-refractivity contribution in [1.82, 2.24) is 5.32 Å². The number of nitro groups is 1. The number of rotatable bonds is 11. The molecular formula is C20H24N4O3S. The summed E-state index contributed by atoms with van der Waals surface area (Å²) in [5.41, 5.74) is 1.14. The zero-order chi connectivity index (χ0) is 20.2. The first-order chi connectivity index (χ1) is 13.6. The van der Waals surface area contributed by atoms with Gasteiger partial charge < -0.3 is 14.6 Å². The van der Waals surface area contributed by atoms with Gasteiger partial charge in [0.1, 0.15) is 11.5 Å². The van der Waals surface area contributed by atoms with Crippen molar-refractivity contribution in [3.05, 3.63) is 64.1 Å². The number of thioether (sulfide) groups is 1. The summed E-state index contributed by atoms with van der Waals surface area (Å²) in [6, 6.07) is 14.1. The van der Waals surface area contributed by atoms with Crippen LogP contribution in [0.5, 0.6) is 0 Å². The summed E-state index contributed by atoms with van der Waals surface area (Å²) in [4.78, 5) is 16.6. The van der Waals surface area contributed by atoms with Gasteiger partial charge >= 0.3 is 0 Å². The fourth-order valence-electron chi connectivity index (χ4n) is 2.45. The molecule has 0 saturated heterocycles. The largest absolute Gasteiger partial charge is 0.463 e. The molecule has 0 amide bonds. The Morgan fingerprint density at radius 1 is 1.32 bits per heavy atom. The van der Waals surface area contributed by atoms with Gasteiger partial charge in [-0.3, -0.25) is 15.1 Å². The lowest BCUT2D eigenvalue weighted by Gasteiger charge is -2.17. The summed E-state index contributed by atoms with van der Waals surface area (Å²) < 4.78 is 5.89. The number of furan rings is 1. The number of terminal acetylenes is 1. The van der Waals surface area contributed by atoms with Gasteiger partial charge in [-0.25, -0.2) is 0 Å². The predicted molar refractivity (Wildman–Crippen MR) is 114 cm³/mol. The van der Waals surface area contributed by atoms with Crippen LogP contribution in [0.4, 0.5) is 5.69 Å². The molecular weight excluding hydrogens is 376 g/mol. The van der Waals surface area contributed by atoms with E-state index < -0.39 is 4.92 Å². The molecule has 1 N–H and O–H groups in total. The van der Waals surface area contributed by atoms with Crippen LogP contribution in [0.25, 0.3) is 0 Å². The highest BCUT2D eigenvalue weighted by atomic mass is 32.2. The van der Waals surface area contributed by atoms with Crippen molar-refractivity contribution in [1.29, 1.82) is 0 Å². The van der Waals surface area contributed by atoms with Crippen molar-refractivity contribution in [2.24, 2.45) is 4.99 Å². The molecule has 0 spiro atoms. The van der Waals surface area contributed by atoms with E-state index in [0.717, 1.165) is 28.7 Å². The Morgan fingerprint density at radius 2 is 2.07 bits per heavy atom. The summed E-state index contributed by atoms with van der Waals surface area (Å²) in [6.45, 7) is 1.06. The molecule has 2 aromatic rings. The van der Waals surface area contributed by atoms with E-state index in [0.29, 0.717) is 18.9 Å². The van der Waals surface area contributed by atoms with E-state index in [1.54, 1.807) is 11.8 Å². The first kappa shape index (κ1) is 21.4. The molecule has 1 heterocycles. The van der Waals surface area contributed by atoms with Crippen molar-refractivity contribution in [3.8, 4) is 12.3 Å². The minimum atomic E-state index is -0.424. The Labute approximate surface area is 169 Å². The third-order valence-electron chi connectivity index (χ3n) is 3.76. The summed E-state index contributed by atoms with van der Waals surface area (Å²) in [5, 5.41) is 13.4. The van der Waals surface area contributed by atoms with Crippen LogP contribution in [0.15, 0.2) is 51.9 Å². The second-order valence-electron chi connectivity index (χ2n) is 5.99. The molecule has 0 aliphatic rings. The van der Waals surface area contributed by atoms with Gasteiger partial charge in [0.25, 0.3) is 6.54 Å². The molecule has 1 aromatic heterocycles. The van der Waals surface area contributed by atoms with Crippen LogP contribution in [0, 0.1) is 22.5 Å². The van der Waals surface area contributed by atoms with E-state index in [9.17, 15) is 10.1 Å². The summed E-state index contributed by atoms with van der Waals surface area (Å²) >= 11 is 1.67. The van der Waals surface area contributed by atoms with Crippen LogP contribution >= 0.6 is 11.8 Å². The minimum Gasteiger partial charge on any atom is -0.463 e. The third-order valence-corrected chi connectivity index (χ3v) is 4.72. The number of nitrogens with zero attached hydrogens (tertiary/aromatic N) is 3. The maximum atomic E-state index is 10.6. The lowest BCUT2D eigenvalue weighted by molar-refractivity contribution is -0.463. The number of nitrogens with one attached hydrogen (secondary N) is 1. The van der Waals surface area contributed by atoms with E-state index >= 15 is 0 Å². The number of para-hydroxylation sites is 1. The first-order valence-electron chi connectivity index (χ1n) is 8.82. The smallest absolute Gasteiger partial charge is 0.259 e. The fourth-order valence-corrected chi connectivity index (χ4v) is 3.17. The monoisotopic (exact) mass is 400 g/mol. The van der Waals surface area contributed by atoms with Gasteiger partial charge in [-0.15, -0.1) is 6.42 Å². The van der Waals surface area contributed by atoms with E-state index in [4.69, 9.17) is 10.8 Å². The van der Waals surface area contributed by atoms with Crippen LogP contribution in [0.3, 0.4) is 0 Å². The molecule has 0 saturated carbocycles. The Balaban J connectivity index is 1.74. The molecule has 1 aromatic carbocycles. The molecule has 0 bridgehead atoms. The molecule has 0 radical (unpaired) electrons. The van der Waals surface area contributed by atoms with Crippen molar-refractivity contribution < 1.29 is 9.34 Å². The topological polar surface area (TPSA) is 83.9 Å². The SMILES string of the molecule is C#CCNC(C[N+](=O)[O-])=NCCSCc1ccc(CN(C)c2ccccc2)o1. The van der Waals surface area contributed by atoms with Crippen LogP contribution in [0.1, 0.15) is 11.5 Å². The fraction of sp³-hybridized carbons (Fsp3) is 0.350. The second kappa shape index (κ2) is 11.7. The minimum absolute atomic E-state index is 0.229. The van der Waals surface area contributed by atoms with Crippen molar-refractivity contribution in [2.45, 2.75) is 12.3 Å². The molecule has 2 rings (SSSR count). The van der Waals surface area contributed by atoms with E-state index in [1.807, 2.05) is 37.4 Å². The number of amidine groups is 1. The van der Waals surface area contributed by atoms with Gasteiger partial charge in [-0.1, -0.05) is 24.1 Å². The predicted octanol–water partition coefficient (Wildman–Crippen LogP) is 3.05. The van der Waals surface area contributed by atoms with Gasteiger partial charge in [0, 0.05) is 23.4 Å². The van der Waals surface area contributed by atoms with Crippen LogP contribution in [0.2, 0.25) is 0 Å². The molecule has 8 heteroatoms. The van der Waals surface area contributed by atoms with Crippen molar-refractivity contribution >= 4 is 23.3 Å². The average molecular weight is 401 g/mol. The van der Waals surface area contributed by atoms with Crippen LogP contribution < -0.4 is 10.2 Å².